The summed E-state index contributed by atoms with van der Waals surface area (Å²) in [6.07, 6.45) is 3.60. The lowest BCUT2D eigenvalue weighted by Crippen LogP contribution is -2.46. The zero-order valence-electron chi connectivity index (χ0n) is 13.8. The predicted molar refractivity (Wildman–Crippen MR) is 93.2 cm³/mol. The number of aryl methyl sites for hydroxylation is 2. The van der Waals surface area contributed by atoms with Gasteiger partial charge in [-0.15, -0.1) is 16.4 Å². The maximum atomic E-state index is 12.7. The van der Waals surface area contributed by atoms with Crippen molar-refractivity contribution in [2.24, 2.45) is 0 Å². The summed E-state index contributed by atoms with van der Waals surface area (Å²) in [5.41, 5.74) is 0.869. The molecule has 0 saturated carbocycles. The summed E-state index contributed by atoms with van der Waals surface area (Å²) in [7, 11) is 2.05. The second-order valence-electron chi connectivity index (χ2n) is 6.04. The normalized spacial score (nSPS) is 15.7. The number of amides is 1. The van der Waals surface area contributed by atoms with Gasteiger partial charge in [0.05, 0.1) is 5.56 Å². The van der Waals surface area contributed by atoms with Crippen LogP contribution in [0.3, 0.4) is 0 Å². The van der Waals surface area contributed by atoms with Crippen LogP contribution in [0.5, 0.6) is 0 Å². The van der Waals surface area contributed by atoms with Crippen molar-refractivity contribution in [3.05, 3.63) is 39.7 Å². The van der Waals surface area contributed by atoms with E-state index in [-0.39, 0.29) is 5.91 Å². The fourth-order valence-corrected chi connectivity index (χ4v) is 4.05. The topological polar surface area (TPSA) is 49.3 Å². The highest BCUT2D eigenvalue weighted by atomic mass is 32.1. The minimum absolute atomic E-state index is 0.174. The van der Waals surface area contributed by atoms with Gasteiger partial charge in [0.2, 0.25) is 0 Å². The molecule has 0 spiro atoms. The first-order valence-corrected chi connectivity index (χ1v) is 8.74. The van der Waals surface area contributed by atoms with Crippen molar-refractivity contribution in [3.63, 3.8) is 0 Å². The number of hydrogen-bond acceptors (Lipinski definition) is 5. The molecule has 1 aliphatic rings. The van der Waals surface area contributed by atoms with Gasteiger partial charge < -0.3 is 9.80 Å². The highest BCUT2D eigenvalue weighted by Crippen LogP contribution is 2.25. The average molecular weight is 330 g/mol. The van der Waals surface area contributed by atoms with Gasteiger partial charge in [0.1, 0.15) is 0 Å². The molecule has 3 heterocycles. The van der Waals surface area contributed by atoms with Gasteiger partial charge in [-0.25, -0.2) is 0 Å². The maximum absolute atomic E-state index is 12.7. The molecule has 5 nitrogen and oxygen atoms in total. The van der Waals surface area contributed by atoms with E-state index in [1.807, 2.05) is 30.0 Å². The summed E-state index contributed by atoms with van der Waals surface area (Å²) >= 11 is 1.69. The zero-order chi connectivity index (χ0) is 16.4. The fraction of sp³-hybridized carbons (Fsp3) is 0.471. The van der Waals surface area contributed by atoms with E-state index in [1.54, 1.807) is 17.5 Å². The van der Waals surface area contributed by atoms with E-state index in [9.17, 15) is 4.79 Å². The lowest BCUT2D eigenvalue weighted by Gasteiger charge is -2.37. The van der Waals surface area contributed by atoms with Crippen LogP contribution in [-0.4, -0.2) is 47.2 Å². The van der Waals surface area contributed by atoms with Crippen molar-refractivity contribution in [2.75, 3.05) is 25.0 Å². The van der Waals surface area contributed by atoms with Gasteiger partial charge >= 0.3 is 0 Å². The van der Waals surface area contributed by atoms with Crippen LogP contribution in [-0.2, 0) is 0 Å². The largest absolute Gasteiger partial charge is 0.355 e. The van der Waals surface area contributed by atoms with Crippen molar-refractivity contribution >= 4 is 23.1 Å². The first-order chi connectivity index (χ1) is 11.1. The van der Waals surface area contributed by atoms with Gasteiger partial charge in [-0.1, -0.05) is 0 Å². The average Bonchev–Trinajstić information content (AvgIpc) is 2.93. The van der Waals surface area contributed by atoms with Crippen LogP contribution in [0.1, 0.15) is 33.0 Å². The monoisotopic (exact) mass is 330 g/mol. The molecule has 1 saturated heterocycles. The summed E-state index contributed by atoms with van der Waals surface area (Å²) in [5, 5.41) is 8.11. The van der Waals surface area contributed by atoms with E-state index in [1.165, 1.54) is 4.88 Å². The summed E-state index contributed by atoms with van der Waals surface area (Å²) in [6.45, 7) is 5.67. The van der Waals surface area contributed by atoms with Crippen LogP contribution in [0.25, 0.3) is 0 Å². The van der Waals surface area contributed by atoms with E-state index < -0.39 is 0 Å². The van der Waals surface area contributed by atoms with Gasteiger partial charge in [0.15, 0.2) is 5.82 Å². The van der Waals surface area contributed by atoms with Gasteiger partial charge in [0.25, 0.3) is 5.91 Å². The van der Waals surface area contributed by atoms with Crippen LogP contribution < -0.4 is 4.90 Å². The van der Waals surface area contributed by atoms with Crippen molar-refractivity contribution in [1.82, 2.24) is 15.1 Å². The summed E-state index contributed by atoms with van der Waals surface area (Å²) < 4.78 is 0. The summed E-state index contributed by atoms with van der Waals surface area (Å²) in [6, 6.07) is 6.29. The first kappa shape index (κ1) is 15.9. The van der Waals surface area contributed by atoms with Crippen molar-refractivity contribution in [1.29, 1.82) is 0 Å². The molecule has 6 heteroatoms. The Balaban J connectivity index is 1.62. The molecule has 2 aromatic heterocycles. The number of carbonyl (C=O) groups is 1. The van der Waals surface area contributed by atoms with Gasteiger partial charge in [0, 0.05) is 42.1 Å². The molecule has 0 bridgehead atoms. The number of piperidine rings is 1. The third-order valence-electron chi connectivity index (χ3n) is 4.49. The van der Waals surface area contributed by atoms with Gasteiger partial charge in [-0.3, -0.25) is 4.79 Å². The number of likely N-dealkylation sites (tertiary alicyclic amines) is 1. The number of hydrogen-bond donors (Lipinski definition) is 0. The van der Waals surface area contributed by atoms with Gasteiger partial charge in [-0.2, -0.15) is 5.10 Å². The van der Waals surface area contributed by atoms with E-state index in [2.05, 4.69) is 29.1 Å². The third-order valence-corrected chi connectivity index (χ3v) is 5.46. The number of anilines is 1. The molecule has 0 aromatic carbocycles. The standard InChI is InChI=1S/C17H22N4OS/c1-12-11-15(13(2)23-12)17(22)21-9-6-14(7-10-21)20(3)16-5-4-8-18-19-16/h4-5,8,11,14H,6-7,9-10H2,1-3H3. The van der Waals surface area contributed by atoms with Crippen molar-refractivity contribution in [3.8, 4) is 0 Å². The molecule has 1 fully saturated rings. The Morgan fingerprint density at radius 2 is 2.09 bits per heavy atom. The zero-order valence-corrected chi connectivity index (χ0v) is 14.6. The minimum atomic E-state index is 0.174. The van der Waals surface area contributed by atoms with Crippen LogP contribution in [0.2, 0.25) is 0 Å². The molecule has 0 atom stereocenters. The molecule has 0 N–H and O–H groups in total. The lowest BCUT2D eigenvalue weighted by molar-refractivity contribution is 0.0713. The SMILES string of the molecule is Cc1cc(C(=O)N2CCC(N(C)c3cccnn3)CC2)c(C)s1. The number of rotatable bonds is 3. The van der Waals surface area contributed by atoms with E-state index >= 15 is 0 Å². The van der Waals surface area contributed by atoms with E-state index in [4.69, 9.17) is 0 Å². The highest BCUT2D eigenvalue weighted by molar-refractivity contribution is 7.12. The quantitative estimate of drug-likeness (QED) is 0.868. The van der Waals surface area contributed by atoms with Crippen LogP contribution >= 0.6 is 11.3 Å². The van der Waals surface area contributed by atoms with E-state index in [0.29, 0.717) is 6.04 Å². The molecule has 1 amide bonds. The number of thiophene rings is 1. The van der Waals surface area contributed by atoms with E-state index in [0.717, 1.165) is 42.2 Å². The summed E-state index contributed by atoms with van der Waals surface area (Å²) in [4.78, 5) is 19.1. The third kappa shape index (κ3) is 3.37. The molecule has 0 radical (unpaired) electrons. The van der Waals surface area contributed by atoms with Crippen LogP contribution in [0.4, 0.5) is 5.82 Å². The molecule has 3 rings (SSSR count). The number of carbonyl (C=O) groups excluding carboxylic acids is 1. The first-order valence-electron chi connectivity index (χ1n) is 7.93. The lowest BCUT2D eigenvalue weighted by atomic mass is 10.0. The van der Waals surface area contributed by atoms with Gasteiger partial charge in [-0.05, 0) is 44.9 Å². The molecule has 122 valence electrons. The summed E-state index contributed by atoms with van der Waals surface area (Å²) in [5.74, 6) is 1.06. The minimum Gasteiger partial charge on any atom is -0.355 e. The smallest absolute Gasteiger partial charge is 0.254 e. The van der Waals surface area contributed by atoms with Crippen LogP contribution in [0, 0.1) is 13.8 Å². The Morgan fingerprint density at radius 3 is 2.65 bits per heavy atom. The second-order valence-corrected chi connectivity index (χ2v) is 7.50. The second kappa shape index (κ2) is 6.66. The Kier molecular flexibility index (Phi) is 4.61. The molecule has 0 unspecified atom stereocenters. The Labute approximate surface area is 140 Å². The molecule has 0 aliphatic carbocycles. The maximum Gasteiger partial charge on any atom is 0.254 e. The Hall–Kier alpha value is -1.95. The number of nitrogens with zero attached hydrogens (tertiary/aromatic N) is 4. The fourth-order valence-electron chi connectivity index (χ4n) is 3.14. The number of aromatic nitrogens is 2. The molecule has 2 aromatic rings. The molecule has 1 aliphatic heterocycles. The van der Waals surface area contributed by atoms with Crippen molar-refractivity contribution in [2.45, 2.75) is 32.7 Å². The highest BCUT2D eigenvalue weighted by Gasteiger charge is 2.27. The Bertz CT molecular complexity index is 677. The Morgan fingerprint density at radius 1 is 1.35 bits per heavy atom. The van der Waals surface area contributed by atoms with Crippen molar-refractivity contribution < 1.29 is 4.79 Å². The predicted octanol–water partition coefficient (Wildman–Crippen LogP) is 2.90. The van der Waals surface area contributed by atoms with Crippen LogP contribution in [0.15, 0.2) is 24.4 Å². The molecular formula is C17H22N4OS. The molecule has 23 heavy (non-hydrogen) atoms. The molecular weight excluding hydrogens is 308 g/mol.